The minimum Gasteiger partial charge on any atom is -0.405 e. The van der Waals surface area contributed by atoms with Crippen molar-refractivity contribution in [3.05, 3.63) is 24.5 Å². The van der Waals surface area contributed by atoms with E-state index in [0.717, 1.165) is 5.75 Å². The fourth-order valence-electron chi connectivity index (χ4n) is 0.612. The highest BCUT2D eigenvalue weighted by Gasteiger charge is 1.91. The number of hydrogen-bond donors (Lipinski definition) is 0. The molecule has 54 valence electrons. The summed E-state index contributed by atoms with van der Waals surface area (Å²) in [7, 11) is 3.65. The van der Waals surface area contributed by atoms with Crippen molar-refractivity contribution in [2.24, 2.45) is 0 Å². The van der Waals surface area contributed by atoms with E-state index in [1.54, 1.807) is 17.5 Å². The van der Waals surface area contributed by atoms with Gasteiger partial charge in [0.15, 0.2) is 5.75 Å². The van der Waals surface area contributed by atoms with Gasteiger partial charge in [-0.25, -0.2) is 0 Å². The molecule has 0 fully saturated rings. The van der Waals surface area contributed by atoms with Crippen LogP contribution in [-0.4, -0.2) is 24.1 Å². The molecule has 0 N–H and O–H groups in total. The van der Waals surface area contributed by atoms with Gasteiger partial charge < -0.3 is 4.84 Å². The van der Waals surface area contributed by atoms with Crippen LogP contribution in [-0.2, 0) is 0 Å². The number of nitrogens with zero attached hydrogens (tertiary/aromatic N) is 2. The Balaban J connectivity index is 2.59. The molecule has 1 aromatic heterocycles. The minimum absolute atomic E-state index is 0.757. The molecule has 0 aliphatic heterocycles. The van der Waals surface area contributed by atoms with Gasteiger partial charge in [0.1, 0.15) is 0 Å². The maximum atomic E-state index is 5.18. The summed E-state index contributed by atoms with van der Waals surface area (Å²) < 4.78 is 0. The quantitative estimate of drug-likeness (QED) is 0.568. The molecule has 0 atom stereocenters. The monoisotopic (exact) mass is 138 g/mol. The lowest BCUT2D eigenvalue weighted by Gasteiger charge is -2.10. The predicted molar refractivity (Wildman–Crippen MR) is 38.6 cm³/mol. The highest BCUT2D eigenvalue weighted by Crippen LogP contribution is 2.05. The van der Waals surface area contributed by atoms with Gasteiger partial charge in [0.25, 0.3) is 0 Å². The zero-order valence-electron chi connectivity index (χ0n) is 6.11. The molecule has 0 aliphatic rings. The molecule has 0 saturated heterocycles. The van der Waals surface area contributed by atoms with Gasteiger partial charge in [0, 0.05) is 20.3 Å². The number of hydroxylamine groups is 2. The lowest BCUT2D eigenvalue weighted by molar-refractivity contribution is -0.00364. The van der Waals surface area contributed by atoms with Gasteiger partial charge in [-0.2, -0.15) is 5.06 Å². The van der Waals surface area contributed by atoms with Crippen LogP contribution in [0.1, 0.15) is 0 Å². The van der Waals surface area contributed by atoms with Crippen LogP contribution < -0.4 is 4.84 Å². The SMILES string of the molecule is CN(C)Oc1cccnc1. The Labute approximate surface area is 60.2 Å². The van der Waals surface area contributed by atoms with E-state index < -0.39 is 0 Å². The van der Waals surface area contributed by atoms with Crippen molar-refractivity contribution in [1.82, 2.24) is 10.0 Å². The zero-order valence-corrected chi connectivity index (χ0v) is 6.11. The Morgan fingerprint density at radius 1 is 1.50 bits per heavy atom. The lowest BCUT2D eigenvalue weighted by Crippen LogP contribution is -2.15. The summed E-state index contributed by atoms with van der Waals surface area (Å²) in [5.41, 5.74) is 0. The summed E-state index contributed by atoms with van der Waals surface area (Å²) in [4.78, 5) is 9.07. The van der Waals surface area contributed by atoms with E-state index in [9.17, 15) is 0 Å². The topological polar surface area (TPSA) is 25.4 Å². The number of hydrogen-bond acceptors (Lipinski definition) is 3. The molecule has 10 heavy (non-hydrogen) atoms. The second-order valence-corrected chi connectivity index (χ2v) is 2.09. The van der Waals surface area contributed by atoms with E-state index >= 15 is 0 Å². The van der Waals surface area contributed by atoms with Crippen molar-refractivity contribution in [1.29, 1.82) is 0 Å². The van der Waals surface area contributed by atoms with Crippen molar-refractivity contribution in [2.45, 2.75) is 0 Å². The Hall–Kier alpha value is -1.09. The van der Waals surface area contributed by atoms with Crippen molar-refractivity contribution in [3.63, 3.8) is 0 Å². The summed E-state index contributed by atoms with van der Waals surface area (Å²) in [5.74, 6) is 0.757. The van der Waals surface area contributed by atoms with E-state index in [-0.39, 0.29) is 0 Å². The normalized spacial score (nSPS) is 9.90. The van der Waals surface area contributed by atoms with E-state index in [1.807, 2.05) is 26.2 Å². The number of rotatable bonds is 2. The Morgan fingerprint density at radius 3 is 2.80 bits per heavy atom. The molecule has 0 spiro atoms. The van der Waals surface area contributed by atoms with Crippen LogP contribution >= 0.6 is 0 Å². The predicted octanol–water partition coefficient (Wildman–Crippen LogP) is 0.937. The average molecular weight is 138 g/mol. The molecule has 0 unspecified atom stereocenters. The molecule has 0 aliphatic carbocycles. The molecule has 0 aromatic carbocycles. The second kappa shape index (κ2) is 3.17. The summed E-state index contributed by atoms with van der Waals surface area (Å²) in [6, 6.07) is 3.69. The molecule has 1 rings (SSSR count). The summed E-state index contributed by atoms with van der Waals surface area (Å²) in [6.45, 7) is 0. The van der Waals surface area contributed by atoms with Crippen LogP contribution in [0.2, 0.25) is 0 Å². The first-order valence-corrected chi connectivity index (χ1v) is 3.04. The molecule has 0 radical (unpaired) electrons. The summed E-state index contributed by atoms with van der Waals surface area (Å²) >= 11 is 0. The molecule has 1 aromatic rings. The van der Waals surface area contributed by atoms with Crippen LogP contribution in [0.5, 0.6) is 5.75 Å². The fourth-order valence-corrected chi connectivity index (χ4v) is 0.612. The van der Waals surface area contributed by atoms with Crippen LogP contribution in [0, 0.1) is 0 Å². The second-order valence-electron chi connectivity index (χ2n) is 2.09. The third kappa shape index (κ3) is 2.03. The molecule has 0 amide bonds. The Kier molecular flexibility index (Phi) is 2.23. The van der Waals surface area contributed by atoms with Crippen molar-refractivity contribution in [2.75, 3.05) is 14.1 Å². The van der Waals surface area contributed by atoms with Crippen LogP contribution in [0.4, 0.5) is 0 Å². The van der Waals surface area contributed by atoms with Crippen molar-refractivity contribution < 1.29 is 4.84 Å². The third-order valence-electron chi connectivity index (χ3n) is 0.922. The van der Waals surface area contributed by atoms with E-state index in [1.165, 1.54) is 0 Å². The van der Waals surface area contributed by atoms with Gasteiger partial charge in [0.05, 0.1) is 6.20 Å². The van der Waals surface area contributed by atoms with Crippen LogP contribution in [0.25, 0.3) is 0 Å². The first-order valence-electron chi connectivity index (χ1n) is 3.04. The Morgan fingerprint density at radius 2 is 2.30 bits per heavy atom. The van der Waals surface area contributed by atoms with Gasteiger partial charge in [0.2, 0.25) is 0 Å². The number of pyridine rings is 1. The van der Waals surface area contributed by atoms with E-state index in [2.05, 4.69) is 4.98 Å². The fraction of sp³-hybridized carbons (Fsp3) is 0.286. The van der Waals surface area contributed by atoms with Gasteiger partial charge in [-0.15, -0.1) is 0 Å². The van der Waals surface area contributed by atoms with Gasteiger partial charge >= 0.3 is 0 Å². The molecular formula is C7H10N2O. The van der Waals surface area contributed by atoms with Crippen LogP contribution in [0.3, 0.4) is 0 Å². The van der Waals surface area contributed by atoms with Crippen LogP contribution in [0.15, 0.2) is 24.5 Å². The highest BCUT2D eigenvalue weighted by molar-refractivity contribution is 5.14. The first-order chi connectivity index (χ1) is 4.79. The summed E-state index contributed by atoms with van der Waals surface area (Å²) in [5, 5.41) is 1.62. The molecule has 0 bridgehead atoms. The zero-order chi connectivity index (χ0) is 7.40. The molecule has 3 nitrogen and oxygen atoms in total. The molecule has 3 heteroatoms. The maximum absolute atomic E-state index is 5.18. The minimum atomic E-state index is 0.757. The summed E-state index contributed by atoms with van der Waals surface area (Å²) in [6.07, 6.45) is 3.38. The molecule has 0 saturated carbocycles. The first kappa shape index (κ1) is 7.02. The maximum Gasteiger partial charge on any atom is 0.165 e. The standard InChI is InChI=1S/C7H10N2O/c1-9(2)10-7-4-3-5-8-6-7/h3-6H,1-2H3. The average Bonchev–Trinajstić information content (AvgIpc) is 1.88. The van der Waals surface area contributed by atoms with Gasteiger partial charge in [-0.1, -0.05) is 0 Å². The number of aromatic nitrogens is 1. The molecule has 1 heterocycles. The van der Waals surface area contributed by atoms with Crippen molar-refractivity contribution in [3.8, 4) is 5.75 Å². The largest absolute Gasteiger partial charge is 0.405 e. The van der Waals surface area contributed by atoms with Gasteiger partial charge in [-0.3, -0.25) is 4.98 Å². The van der Waals surface area contributed by atoms with Gasteiger partial charge in [-0.05, 0) is 12.1 Å². The highest BCUT2D eigenvalue weighted by atomic mass is 16.7. The third-order valence-corrected chi connectivity index (χ3v) is 0.922. The lowest BCUT2D eigenvalue weighted by atomic mass is 10.5. The smallest absolute Gasteiger partial charge is 0.165 e. The van der Waals surface area contributed by atoms with Crippen molar-refractivity contribution >= 4 is 0 Å². The van der Waals surface area contributed by atoms with E-state index in [4.69, 9.17) is 4.84 Å². The van der Waals surface area contributed by atoms with E-state index in [0.29, 0.717) is 0 Å². The Bertz CT molecular complexity index is 186. The molecular weight excluding hydrogens is 128 g/mol.